The highest BCUT2D eigenvalue weighted by molar-refractivity contribution is 6.05. The molecule has 1 heterocycles. The van der Waals surface area contributed by atoms with Crippen LogP contribution in [0.4, 0.5) is 5.69 Å². The predicted octanol–water partition coefficient (Wildman–Crippen LogP) is 3.50. The van der Waals surface area contributed by atoms with E-state index in [0.29, 0.717) is 5.69 Å². The van der Waals surface area contributed by atoms with Gasteiger partial charge in [-0.1, -0.05) is 55.0 Å². The molecule has 0 fully saturated rings. The molecule has 5 nitrogen and oxygen atoms in total. The molecule has 0 spiro atoms. The summed E-state index contributed by atoms with van der Waals surface area (Å²) in [5.74, 6) is -0.146. The van der Waals surface area contributed by atoms with Crippen molar-refractivity contribution in [3.63, 3.8) is 0 Å². The lowest BCUT2D eigenvalue weighted by atomic mass is 10.1. The van der Waals surface area contributed by atoms with Crippen molar-refractivity contribution in [3.05, 3.63) is 72.1 Å². The van der Waals surface area contributed by atoms with Gasteiger partial charge in [0.25, 0.3) is 5.91 Å². The van der Waals surface area contributed by atoms with E-state index in [9.17, 15) is 4.79 Å². The molecule has 122 valence electrons. The smallest absolute Gasteiger partial charge is 0.280 e. The Balaban J connectivity index is 1.99. The number of benzene rings is 2. The fraction of sp³-hybridized carbons (Fsp3) is 0.211. The fourth-order valence-corrected chi connectivity index (χ4v) is 2.63. The number of para-hydroxylation sites is 2. The molecule has 0 radical (unpaired) electrons. The molecule has 0 aliphatic rings. The van der Waals surface area contributed by atoms with Crippen LogP contribution in [0.5, 0.6) is 0 Å². The topological polar surface area (TPSA) is 51.0 Å². The second-order valence-corrected chi connectivity index (χ2v) is 5.58. The van der Waals surface area contributed by atoms with Gasteiger partial charge in [0.1, 0.15) is 0 Å². The van der Waals surface area contributed by atoms with E-state index in [1.54, 1.807) is 16.6 Å². The number of nitrogens with zero attached hydrogens (tertiary/aromatic N) is 4. The quantitative estimate of drug-likeness (QED) is 0.723. The number of amides is 1. The Morgan fingerprint density at radius 3 is 2.29 bits per heavy atom. The lowest BCUT2D eigenvalue weighted by Gasteiger charge is -2.16. The van der Waals surface area contributed by atoms with Gasteiger partial charge in [0.15, 0.2) is 5.69 Å². The minimum Gasteiger partial charge on any atom is -0.310 e. The van der Waals surface area contributed by atoms with Crippen molar-refractivity contribution in [2.75, 3.05) is 11.9 Å². The minimum absolute atomic E-state index is 0.146. The van der Waals surface area contributed by atoms with Crippen LogP contribution in [0.15, 0.2) is 60.7 Å². The Labute approximate surface area is 141 Å². The third kappa shape index (κ3) is 3.06. The molecule has 5 heteroatoms. The molecule has 0 saturated carbocycles. The molecule has 1 aromatic heterocycles. The van der Waals surface area contributed by atoms with Crippen LogP contribution in [0.3, 0.4) is 0 Å². The predicted molar refractivity (Wildman–Crippen MR) is 94.5 cm³/mol. The van der Waals surface area contributed by atoms with Gasteiger partial charge in [0.2, 0.25) is 0 Å². The summed E-state index contributed by atoms with van der Waals surface area (Å²) in [7, 11) is 1.76. The molecule has 2 aromatic carbocycles. The van der Waals surface area contributed by atoms with Crippen LogP contribution in [-0.4, -0.2) is 27.9 Å². The van der Waals surface area contributed by atoms with Gasteiger partial charge in [0, 0.05) is 12.7 Å². The van der Waals surface area contributed by atoms with E-state index in [-0.39, 0.29) is 5.91 Å². The van der Waals surface area contributed by atoms with Gasteiger partial charge < -0.3 is 4.90 Å². The van der Waals surface area contributed by atoms with E-state index in [1.807, 2.05) is 60.7 Å². The highest BCUT2D eigenvalue weighted by Gasteiger charge is 2.23. The first-order valence-corrected chi connectivity index (χ1v) is 8.05. The summed E-state index contributed by atoms with van der Waals surface area (Å²) in [4.78, 5) is 14.5. The van der Waals surface area contributed by atoms with Gasteiger partial charge in [-0.05, 0) is 30.7 Å². The Morgan fingerprint density at radius 2 is 1.67 bits per heavy atom. The average molecular weight is 320 g/mol. The summed E-state index contributed by atoms with van der Waals surface area (Å²) >= 11 is 0. The van der Waals surface area contributed by atoms with E-state index >= 15 is 0 Å². The first kappa shape index (κ1) is 15.9. The number of hydrogen-bond donors (Lipinski definition) is 0. The Bertz CT molecular complexity index is 812. The summed E-state index contributed by atoms with van der Waals surface area (Å²) < 4.78 is 1.76. The van der Waals surface area contributed by atoms with Crippen LogP contribution in [-0.2, 0) is 6.42 Å². The second-order valence-electron chi connectivity index (χ2n) is 5.58. The van der Waals surface area contributed by atoms with Crippen molar-refractivity contribution in [2.24, 2.45) is 0 Å². The standard InChI is InChI=1S/C19H20N4O/c1-3-10-17-18(19(24)22(2)15-11-6-4-7-12-15)20-21-23(17)16-13-8-5-9-14-16/h4-9,11-14H,3,10H2,1-2H3. The molecule has 0 N–H and O–H groups in total. The third-order valence-corrected chi connectivity index (χ3v) is 3.90. The number of carbonyl (C=O) groups is 1. The molecular weight excluding hydrogens is 300 g/mol. The lowest BCUT2D eigenvalue weighted by molar-refractivity contribution is 0.0987. The van der Waals surface area contributed by atoms with Gasteiger partial charge in [0.05, 0.1) is 11.4 Å². The van der Waals surface area contributed by atoms with Crippen LogP contribution in [0.2, 0.25) is 0 Å². The molecule has 1 amide bonds. The molecule has 0 bridgehead atoms. The van der Waals surface area contributed by atoms with Crippen LogP contribution in [0, 0.1) is 0 Å². The number of rotatable bonds is 5. The maximum atomic E-state index is 12.9. The number of hydrogen-bond acceptors (Lipinski definition) is 3. The summed E-state index contributed by atoms with van der Waals surface area (Å²) in [5, 5.41) is 8.40. The normalized spacial score (nSPS) is 10.6. The molecule has 0 atom stereocenters. The van der Waals surface area contributed by atoms with Crippen LogP contribution in [0.25, 0.3) is 5.69 Å². The molecule has 24 heavy (non-hydrogen) atoms. The maximum Gasteiger partial charge on any atom is 0.280 e. The zero-order valence-corrected chi connectivity index (χ0v) is 13.9. The van der Waals surface area contributed by atoms with Crippen LogP contribution >= 0.6 is 0 Å². The van der Waals surface area contributed by atoms with Crippen molar-refractivity contribution >= 4 is 11.6 Å². The molecule has 3 aromatic rings. The monoisotopic (exact) mass is 320 g/mol. The van der Waals surface area contributed by atoms with Crippen LogP contribution < -0.4 is 4.90 Å². The summed E-state index contributed by atoms with van der Waals surface area (Å²) in [6.45, 7) is 2.08. The maximum absolute atomic E-state index is 12.9. The average Bonchev–Trinajstić information content (AvgIpc) is 3.06. The highest BCUT2D eigenvalue weighted by atomic mass is 16.2. The Kier molecular flexibility index (Phi) is 4.70. The molecule has 0 aliphatic carbocycles. The Hall–Kier alpha value is -2.95. The van der Waals surface area contributed by atoms with Gasteiger partial charge in [-0.3, -0.25) is 4.79 Å². The van der Waals surface area contributed by atoms with E-state index in [0.717, 1.165) is 29.9 Å². The summed E-state index contributed by atoms with van der Waals surface area (Å²) in [5.41, 5.74) is 3.00. The Morgan fingerprint density at radius 1 is 1.04 bits per heavy atom. The van der Waals surface area contributed by atoms with Gasteiger partial charge in [-0.25, -0.2) is 4.68 Å². The van der Waals surface area contributed by atoms with Crippen molar-refractivity contribution < 1.29 is 4.79 Å². The van der Waals surface area contributed by atoms with E-state index in [1.165, 1.54) is 0 Å². The van der Waals surface area contributed by atoms with Crippen molar-refractivity contribution in [3.8, 4) is 5.69 Å². The van der Waals surface area contributed by atoms with Crippen molar-refractivity contribution in [1.29, 1.82) is 0 Å². The minimum atomic E-state index is -0.146. The largest absolute Gasteiger partial charge is 0.310 e. The van der Waals surface area contributed by atoms with Crippen molar-refractivity contribution in [2.45, 2.75) is 19.8 Å². The van der Waals surface area contributed by atoms with E-state index in [4.69, 9.17) is 0 Å². The first-order valence-electron chi connectivity index (χ1n) is 8.05. The molecule has 3 rings (SSSR count). The third-order valence-electron chi connectivity index (χ3n) is 3.90. The molecule has 0 saturated heterocycles. The second kappa shape index (κ2) is 7.08. The van der Waals surface area contributed by atoms with E-state index < -0.39 is 0 Å². The van der Waals surface area contributed by atoms with Crippen LogP contribution in [0.1, 0.15) is 29.5 Å². The highest BCUT2D eigenvalue weighted by Crippen LogP contribution is 2.19. The number of aromatic nitrogens is 3. The fourth-order valence-electron chi connectivity index (χ4n) is 2.63. The van der Waals surface area contributed by atoms with Gasteiger partial charge >= 0.3 is 0 Å². The first-order chi connectivity index (χ1) is 11.7. The number of carbonyl (C=O) groups excluding carboxylic acids is 1. The molecular formula is C19H20N4O. The van der Waals surface area contributed by atoms with E-state index in [2.05, 4.69) is 17.2 Å². The summed E-state index contributed by atoms with van der Waals surface area (Å²) in [6.07, 6.45) is 1.65. The lowest BCUT2D eigenvalue weighted by Crippen LogP contribution is -2.27. The molecule has 0 unspecified atom stereocenters. The van der Waals surface area contributed by atoms with Gasteiger partial charge in [-0.15, -0.1) is 5.10 Å². The zero-order valence-electron chi connectivity index (χ0n) is 13.9. The number of anilines is 1. The summed E-state index contributed by atoms with van der Waals surface area (Å²) in [6, 6.07) is 19.3. The zero-order chi connectivity index (χ0) is 16.9. The molecule has 0 aliphatic heterocycles. The van der Waals surface area contributed by atoms with Gasteiger partial charge in [-0.2, -0.15) is 0 Å². The van der Waals surface area contributed by atoms with Crippen molar-refractivity contribution in [1.82, 2.24) is 15.0 Å². The SMILES string of the molecule is CCCc1c(C(=O)N(C)c2ccccc2)nnn1-c1ccccc1.